The quantitative estimate of drug-likeness (QED) is 0.178. The largest absolute Gasteiger partial charge is 0.310 e. The Morgan fingerprint density at radius 2 is 1.05 bits per heavy atom. The monoisotopic (exact) mass is 666 g/mol. The Hall–Kier alpha value is -4.37. The maximum Gasteiger partial charge on any atom is 0.0540 e. The molecule has 3 aromatic heterocycles. The van der Waals surface area contributed by atoms with Gasteiger partial charge >= 0.3 is 0 Å². The number of fused-ring (bicyclic) bond motifs is 3. The van der Waals surface area contributed by atoms with Gasteiger partial charge in [0, 0.05) is 49.0 Å². The van der Waals surface area contributed by atoms with Crippen LogP contribution in [0.25, 0.3) is 50.0 Å². The maximum atomic E-state index is 4.54. The predicted octanol–water partition coefficient (Wildman–Crippen LogP) is 8.19. The third-order valence-corrected chi connectivity index (χ3v) is 6.22. The smallest absolute Gasteiger partial charge is 0.0540 e. The predicted molar refractivity (Wildman–Crippen MR) is 151 cm³/mol. The Balaban J connectivity index is 0.000000191. The molecular formula is C34H23IrN3-2. The summed E-state index contributed by atoms with van der Waals surface area (Å²) in [6, 6.07) is 49.3. The van der Waals surface area contributed by atoms with Crippen LogP contribution in [0.15, 0.2) is 140 Å². The number of pyridine rings is 2. The molecule has 0 aliphatic rings. The average Bonchev–Trinajstić information content (AvgIpc) is 3.33. The van der Waals surface area contributed by atoms with Crippen molar-refractivity contribution in [3.8, 4) is 28.2 Å². The van der Waals surface area contributed by atoms with E-state index in [1.54, 1.807) is 6.20 Å². The summed E-state index contributed by atoms with van der Waals surface area (Å²) in [6.07, 6.45) is 3.66. The minimum atomic E-state index is 0. The molecule has 0 N–H and O–H groups in total. The number of para-hydroxylation sites is 2. The van der Waals surface area contributed by atoms with Gasteiger partial charge in [-0.2, -0.15) is 0 Å². The van der Waals surface area contributed by atoms with Gasteiger partial charge in [0.2, 0.25) is 0 Å². The normalized spacial score (nSPS) is 10.4. The van der Waals surface area contributed by atoms with Gasteiger partial charge in [-0.3, -0.25) is 0 Å². The van der Waals surface area contributed by atoms with E-state index >= 15 is 0 Å². The van der Waals surface area contributed by atoms with Crippen LogP contribution in [0.2, 0.25) is 0 Å². The summed E-state index contributed by atoms with van der Waals surface area (Å²) in [5, 5.41) is 2.53. The first-order valence-corrected chi connectivity index (χ1v) is 12.2. The van der Waals surface area contributed by atoms with Gasteiger partial charge in [0.15, 0.2) is 0 Å². The summed E-state index contributed by atoms with van der Waals surface area (Å²) < 4.78 is 2.30. The number of benzene rings is 4. The summed E-state index contributed by atoms with van der Waals surface area (Å²) in [5.74, 6) is 0. The van der Waals surface area contributed by atoms with Crippen LogP contribution in [0.5, 0.6) is 0 Å². The van der Waals surface area contributed by atoms with Crippen LogP contribution in [-0.4, -0.2) is 14.5 Å². The van der Waals surface area contributed by atoms with Gasteiger partial charge in [0.1, 0.15) is 0 Å². The zero-order chi connectivity index (χ0) is 24.9. The Labute approximate surface area is 235 Å². The van der Waals surface area contributed by atoms with Crippen LogP contribution in [0.4, 0.5) is 0 Å². The van der Waals surface area contributed by atoms with E-state index in [2.05, 4.69) is 87.3 Å². The van der Waals surface area contributed by atoms with Crippen LogP contribution in [0.3, 0.4) is 0 Å². The first kappa shape index (κ1) is 25.3. The number of rotatable bonds is 3. The molecule has 38 heavy (non-hydrogen) atoms. The number of hydrogen-bond donors (Lipinski definition) is 0. The van der Waals surface area contributed by atoms with Crippen LogP contribution in [0, 0.1) is 12.1 Å². The molecule has 3 nitrogen and oxygen atoms in total. The molecule has 3 heterocycles. The topological polar surface area (TPSA) is 30.7 Å². The second kappa shape index (κ2) is 11.8. The second-order valence-electron chi connectivity index (χ2n) is 8.54. The molecule has 4 heteroatoms. The molecule has 0 unspecified atom stereocenters. The first-order chi connectivity index (χ1) is 18.4. The van der Waals surface area contributed by atoms with E-state index in [1.165, 1.54) is 21.8 Å². The van der Waals surface area contributed by atoms with Crippen molar-refractivity contribution in [2.45, 2.75) is 0 Å². The van der Waals surface area contributed by atoms with Crippen LogP contribution in [0.1, 0.15) is 0 Å². The number of aromatic nitrogens is 3. The second-order valence-corrected chi connectivity index (χ2v) is 8.54. The SMILES string of the molecule is [Ir].[c-]1ccccc1-c1cc(-n2c3ccccc3c3ccccc32)ccn1.[c-]1ccccc1-c1ccccn1. The molecule has 7 rings (SSSR count). The zero-order valence-electron chi connectivity index (χ0n) is 20.5. The van der Waals surface area contributed by atoms with Crippen LogP contribution in [-0.2, 0) is 20.1 Å². The molecule has 0 bridgehead atoms. The van der Waals surface area contributed by atoms with E-state index in [0.29, 0.717) is 0 Å². The summed E-state index contributed by atoms with van der Waals surface area (Å²) in [6.45, 7) is 0. The van der Waals surface area contributed by atoms with Crippen molar-refractivity contribution in [2.24, 2.45) is 0 Å². The Kier molecular flexibility index (Phi) is 7.84. The van der Waals surface area contributed by atoms with E-state index in [9.17, 15) is 0 Å². The number of nitrogens with zero attached hydrogens (tertiary/aromatic N) is 3. The zero-order valence-corrected chi connectivity index (χ0v) is 22.8. The third-order valence-electron chi connectivity index (χ3n) is 6.22. The van der Waals surface area contributed by atoms with Crippen molar-refractivity contribution >= 4 is 21.8 Å². The van der Waals surface area contributed by atoms with Crippen molar-refractivity contribution in [3.05, 3.63) is 152 Å². The molecule has 0 saturated heterocycles. The van der Waals surface area contributed by atoms with Crippen molar-refractivity contribution in [1.82, 2.24) is 14.5 Å². The van der Waals surface area contributed by atoms with E-state index in [4.69, 9.17) is 0 Å². The van der Waals surface area contributed by atoms with Gasteiger partial charge in [-0.25, -0.2) is 0 Å². The minimum Gasteiger partial charge on any atom is -0.310 e. The Bertz CT molecular complexity index is 1670. The van der Waals surface area contributed by atoms with Crippen LogP contribution >= 0.6 is 0 Å². The van der Waals surface area contributed by atoms with Crippen molar-refractivity contribution < 1.29 is 20.1 Å². The van der Waals surface area contributed by atoms with E-state index < -0.39 is 0 Å². The average molecular weight is 666 g/mol. The first-order valence-electron chi connectivity index (χ1n) is 12.2. The molecule has 1 radical (unpaired) electrons. The van der Waals surface area contributed by atoms with E-state index in [0.717, 1.165) is 28.2 Å². The van der Waals surface area contributed by atoms with Gasteiger partial charge in [0.25, 0.3) is 0 Å². The molecule has 0 spiro atoms. The molecule has 0 fully saturated rings. The summed E-state index contributed by atoms with van der Waals surface area (Å²) in [4.78, 5) is 8.75. The molecule has 4 aromatic carbocycles. The van der Waals surface area contributed by atoms with Crippen LogP contribution < -0.4 is 0 Å². The minimum absolute atomic E-state index is 0. The standard InChI is InChI=1S/C23H15N2.C11H8N.Ir/c1-2-8-17(9-3-1)21-16-18(14-15-24-21)25-22-12-6-4-10-19(22)20-11-5-7-13-23(20)25;1-2-6-10(7-3-1)11-8-4-5-9-12-11;/h1-8,10-16H;1-6,8-9H;/q2*-1;. The number of hydrogen-bond acceptors (Lipinski definition) is 2. The maximum absolute atomic E-state index is 4.54. The molecule has 0 aliphatic carbocycles. The molecule has 0 saturated carbocycles. The van der Waals surface area contributed by atoms with E-state index in [-0.39, 0.29) is 20.1 Å². The van der Waals surface area contributed by atoms with Gasteiger partial charge in [-0.1, -0.05) is 54.6 Å². The van der Waals surface area contributed by atoms with Crippen molar-refractivity contribution in [1.29, 1.82) is 0 Å². The molecule has 0 atom stereocenters. The fraction of sp³-hybridized carbons (Fsp3) is 0. The molecule has 185 valence electrons. The Morgan fingerprint density at radius 3 is 1.63 bits per heavy atom. The fourth-order valence-electron chi connectivity index (χ4n) is 4.53. The molecule has 0 aliphatic heterocycles. The molecular weight excluding hydrogens is 643 g/mol. The fourth-order valence-corrected chi connectivity index (χ4v) is 4.53. The van der Waals surface area contributed by atoms with Gasteiger partial charge in [-0.05, 0) is 35.7 Å². The third kappa shape index (κ3) is 5.19. The van der Waals surface area contributed by atoms with E-state index in [1.807, 2.05) is 72.9 Å². The summed E-state index contributed by atoms with van der Waals surface area (Å²) >= 11 is 0. The van der Waals surface area contributed by atoms with Crippen molar-refractivity contribution in [2.75, 3.05) is 0 Å². The van der Waals surface area contributed by atoms with Gasteiger partial charge in [-0.15, -0.1) is 71.8 Å². The van der Waals surface area contributed by atoms with Crippen molar-refractivity contribution in [3.63, 3.8) is 0 Å². The summed E-state index contributed by atoms with van der Waals surface area (Å²) in [7, 11) is 0. The molecule has 7 aromatic rings. The summed E-state index contributed by atoms with van der Waals surface area (Å²) in [5.41, 5.74) is 7.47. The van der Waals surface area contributed by atoms with Gasteiger partial charge in [0.05, 0.1) is 11.0 Å². The van der Waals surface area contributed by atoms with Gasteiger partial charge < -0.3 is 14.5 Å². The Morgan fingerprint density at radius 1 is 0.500 bits per heavy atom. The molecule has 0 amide bonds.